The van der Waals surface area contributed by atoms with Crippen molar-refractivity contribution in [2.24, 2.45) is 5.92 Å². The van der Waals surface area contributed by atoms with Gasteiger partial charge in [0.25, 0.3) is 0 Å². The van der Waals surface area contributed by atoms with Crippen molar-refractivity contribution in [1.82, 2.24) is 0 Å². The molecule has 0 radical (unpaired) electrons. The lowest BCUT2D eigenvalue weighted by Gasteiger charge is -2.65. The van der Waals surface area contributed by atoms with Crippen LogP contribution in [0.3, 0.4) is 0 Å². The normalized spacial score (nSPS) is 30.1. The Hall–Kier alpha value is -1.11. The zero-order valence-corrected chi connectivity index (χ0v) is 23.9. The van der Waals surface area contributed by atoms with Gasteiger partial charge in [-0.05, 0) is 63.7 Å². The Morgan fingerprint density at radius 3 is 1.11 bits per heavy atom. The minimum atomic E-state index is -0.204. The van der Waals surface area contributed by atoms with E-state index in [4.69, 9.17) is 14.2 Å². The van der Waals surface area contributed by atoms with E-state index in [1.165, 1.54) is 0 Å². The molecule has 212 valence electrons. The fourth-order valence-electron chi connectivity index (χ4n) is 7.33. The molecule has 0 saturated heterocycles. The zero-order valence-electron chi connectivity index (χ0n) is 23.9. The number of carbonyl (C=O) groups excluding carboxylic acids is 3. The van der Waals surface area contributed by atoms with E-state index in [1.54, 1.807) is 0 Å². The molecule has 0 amide bonds. The highest BCUT2D eigenvalue weighted by Crippen LogP contribution is 2.63. The van der Waals surface area contributed by atoms with E-state index in [0.29, 0.717) is 81.6 Å². The maximum atomic E-state index is 11.7. The van der Waals surface area contributed by atoms with Gasteiger partial charge in [-0.3, -0.25) is 14.4 Å². The highest BCUT2D eigenvalue weighted by Gasteiger charge is 2.65. The molecule has 0 spiro atoms. The number of hydrogen-bond donors (Lipinski definition) is 0. The Bertz CT molecular complexity index is 653. The second-order valence-electron chi connectivity index (χ2n) is 12.2. The third kappa shape index (κ3) is 8.96. The molecule has 0 atom stereocenters. The Morgan fingerprint density at radius 2 is 0.838 bits per heavy atom. The summed E-state index contributed by atoms with van der Waals surface area (Å²) >= 11 is 0. The van der Waals surface area contributed by atoms with Gasteiger partial charge in [0.2, 0.25) is 0 Å². The van der Waals surface area contributed by atoms with E-state index >= 15 is 0 Å². The summed E-state index contributed by atoms with van der Waals surface area (Å²) in [6, 6.07) is 0. The van der Waals surface area contributed by atoms with Crippen LogP contribution in [0.4, 0.5) is 0 Å². The molecule has 4 fully saturated rings. The molecule has 0 aromatic rings. The fourth-order valence-corrected chi connectivity index (χ4v) is 7.33. The summed E-state index contributed by atoms with van der Waals surface area (Å²) in [4.78, 5) is 35.0. The van der Waals surface area contributed by atoms with Crippen molar-refractivity contribution in [2.45, 2.75) is 153 Å². The van der Waals surface area contributed by atoms with E-state index in [2.05, 4.69) is 0 Å². The van der Waals surface area contributed by atoms with E-state index < -0.39 is 0 Å². The van der Waals surface area contributed by atoms with Crippen LogP contribution in [0.15, 0.2) is 0 Å². The lowest BCUT2D eigenvalue weighted by molar-refractivity contribution is -0.291. The third-order valence-electron chi connectivity index (χ3n) is 8.87. The first-order valence-corrected chi connectivity index (χ1v) is 15.2. The second kappa shape index (κ2) is 14.3. The molecule has 6 nitrogen and oxygen atoms in total. The van der Waals surface area contributed by atoms with Crippen LogP contribution in [0.5, 0.6) is 0 Å². The minimum absolute atomic E-state index is 0.204. The van der Waals surface area contributed by atoms with E-state index in [-0.39, 0.29) is 16.8 Å². The molecule has 0 aliphatic heterocycles. The number of unbranched alkanes of at least 4 members (excludes halogenated alkanes) is 3. The van der Waals surface area contributed by atoms with E-state index in [1.807, 2.05) is 20.8 Å². The van der Waals surface area contributed by atoms with E-state index in [9.17, 15) is 14.4 Å². The average molecular weight is 521 g/mol. The van der Waals surface area contributed by atoms with Gasteiger partial charge in [-0.15, -0.1) is 0 Å². The van der Waals surface area contributed by atoms with Crippen LogP contribution >= 0.6 is 0 Å². The number of hydrogen-bond acceptors (Lipinski definition) is 6. The van der Waals surface area contributed by atoms with E-state index in [0.717, 1.165) is 77.0 Å². The van der Waals surface area contributed by atoms with Crippen molar-refractivity contribution in [3.8, 4) is 0 Å². The molecular formula is C31H52O6. The number of rotatable bonds is 21. The molecule has 4 aliphatic carbocycles. The summed E-state index contributed by atoms with van der Waals surface area (Å²) in [5.41, 5.74) is -0.612. The Morgan fingerprint density at radius 1 is 0.541 bits per heavy atom. The molecule has 4 rings (SSSR count). The highest BCUT2D eigenvalue weighted by atomic mass is 16.5. The van der Waals surface area contributed by atoms with Crippen molar-refractivity contribution in [2.75, 3.05) is 19.8 Å². The maximum Gasteiger partial charge on any atom is 0.132 e. The summed E-state index contributed by atoms with van der Waals surface area (Å²) in [5.74, 6) is 1.53. The SMILES string of the molecule is CCC(=O)CCCCOC12CC3CC(OCCCCC(=O)CC)(C1)CC(OCCCCC(=O)CC)(C3)C2. The molecule has 4 aliphatic rings. The monoisotopic (exact) mass is 520 g/mol. The summed E-state index contributed by atoms with van der Waals surface area (Å²) in [7, 11) is 0. The zero-order chi connectivity index (χ0) is 26.8. The molecule has 4 bridgehead atoms. The first kappa shape index (κ1) is 30.4. The van der Waals surface area contributed by atoms with Gasteiger partial charge in [-0.1, -0.05) is 20.8 Å². The Balaban J connectivity index is 1.59. The molecule has 0 aromatic carbocycles. The first-order chi connectivity index (χ1) is 17.8. The van der Waals surface area contributed by atoms with Crippen LogP contribution < -0.4 is 0 Å². The van der Waals surface area contributed by atoms with Crippen molar-refractivity contribution >= 4 is 17.3 Å². The predicted molar refractivity (Wildman–Crippen MR) is 145 cm³/mol. The quantitative estimate of drug-likeness (QED) is 0.157. The average Bonchev–Trinajstić information content (AvgIpc) is 2.86. The standard InChI is InChI=1S/C31H52O6/c1-4-26(32)13-7-10-16-35-29-19-25-20-30(22-29,36-17-11-8-14-27(33)5-2)24-31(21-25,23-29)37-18-12-9-15-28(34)6-3/h25H,4-24H2,1-3H3. The van der Waals surface area contributed by atoms with Gasteiger partial charge in [-0.2, -0.15) is 0 Å². The van der Waals surface area contributed by atoms with Gasteiger partial charge in [0.1, 0.15) is 17.3 Å². The Labute approximate surface area is 224 Å². The molecule has 6 heteroatoms. The van der Waals surface area contributed by atoms with Gasteiger partial charge < -0.3 is 14.2 Å². The summed E-state index contributed by atoms with van der Waals surface area (Å²) < 4.78 is 20.1. The summed E-state index contributed by atoms with van der Waals surface area (Å²) in [5, 5.41) is 0. The van der Waals surface area contributed by atoms with Crippen molar-refractivity contribution in [1.29, 1.82) is 0 Å². The number of ketones is 3. The van der Waals surface area contributed by atoms with Crippen LogP contribution in [0.2, 0.25) is 0 Å². The summed E-state index contributed by atoms with van der Waals surface area (Å²) in [6.45, 7) is 7.85. The van der Waals surface area contributed by atoms with Crippen LogP contribution in [0, 0.1) is 5.92 Å². The number of ether oxygens (including phenoxy) is 3. The van der Waals surface area contributed by atoms with Gasteiger partial charge in [0.15, 0.2) is 0 Å². The maximum absolute atomic E-state index is 11.7. The third-order valence-corrected chi connectivity index (χ3v) is 8.87. The first-order valence-electron chi connectivity index (χ1n) is 15.2. The minimum Gasteiger partial charge on any atom is -0.375 e. The Kier molecular flexibility index (Phi) is 11.8. The van der Waals surface area contributed by atoms with Gasteiger partial charge in [-0.25, -0.2) is 0 Å². The van der Waals surface area contributed by atoms with Crippen molar-refractivity contribution < 1.29 is 28.6 Å². The van der Waals surface area contributed by atoms with Crippen molar-refractivity contribution in [3.63, 3.8) is 0 Å². The van der Waals surface area contributed by atoms with Gasteiger partial charge in [0, 0.05) is 77.6 Å². The predicted octanol–water partition coefficient (Wildman–Crippen LogP) is 6.70. The molecule has 0 unspecified atom stereocenters. The smallest absolute Gasteiger partial charge is 0.132 e. The topological polar surface area (TPSA) is 78.9 Å². The van der Waals surface area contributed by atoms with Crippen LogP contribution in [0.25, 0.3) is 0 Å². The number of carbonyl (C=O) groups is 3. The second-order valence-corrected chi connectivity index (χ2v) is 12.2. The van der Waals surface area contributed by atoms with Crippen LogP contribution in [-0.2, 0) is 28.6 Å². The molecule has 0 aromatic heterocycles. The van der Waals surface area contributed by atoms with Crippen LogP contribution in [-0.4, -0.2) is 54.0 Å². The molecule has 4 saturated carbocycles. The molecule has 37 heavy (non-hydrogen) atoms. The molecule has 0 heterocycles. The largest absolute Gasteiger partial charge is 0.375 e. The van der Waals surface area contributed by atoms with Gasteiger partial charge >= 0.3 is 0 Å². The molecule has 0 N–H and O–H groups in total. The fraction of sp³-hybridized carbons (Fsp3) is 0.903. The summed E-state index contributed by atoms with van der Waals surface area (Å²) in [6.07, 6.45) is 15.2. The van der Waals surface area contributed by atoms with Crippen molar-refractivity contribution in [3.05, 3.63) is 0 Å². The molecular weight excluding hydrogens is 468 g/mol. The van der Waals surface area contributed by atoms with Gasteiger partial charge in [0.05, 0.1) is 16.8 Å². The lowest BCUT2D eigenvalue weighted by atomic mass is 9.50. The lowest BCUT2D eigenvalue weighted by Crippen LogP contribution is -2.68. The highest BCUT2D eigenvalue weighted by molar-refractivity contribution is 5.78. The van der Waals surface area contributed by atoms with Crippen LogP contribution in [0.1, 0.15) is 136 Å². The number of Topliss-reactive ketones (excluding diaryl/α,β-unsaturated/α-hetero) is 3.